The number of hydrogen-bond acceptors (Lipinski definition) is 1. The highest BCUT2D eigenvalue weighted by Crippen LogP contribution is 2.27. The van der Waals surface area contributed by atoms with Crippen LogP contribution in [-0.2, 0) is 0 Å². The molecule has 2 aliphatic carbocycles. The summed E-state index contributed by atoms with van der Waals surface area (Å²) in [4.78, 5) is 0. The Labute approximate surface area is 69.6 Å². The lowest BCUT2D eigenvalue weighted by molar-refractivity contribution is 0.300. The summed E-state index contributed by atoms with van der Waals surface area (Å²) in [5, 5.41) is 3.72. The lowest BCUT2D eigenvalue weighted by Crippen LogP contribution is -2.34. The molecular weight excluding hydrogens is 134 g/mol. The molecule has 0 amide bonds. The molecule has 1 nitrogen and oxygen atoms in total. The van der Waals surface area contributed by atoms with E-state index in [0.29, 0.717) is 0 Å². The van der Waals surface area contributed by atoms with Crippen LogP contribution in [0, 0.1) is 5.92 Å². The summed E-state index contributed by atoms with van der Waals surface area (Å²) < 4.78 is 0. The van der Waals surface area contributed by atoms with Gasteiger partial charge < -0.3 is 5.32 Å². The third-order valence-corrected chi connectivity index (χ3v) is 2.99. The summed E-state index contributed by atoms with van der Waals surface area (Å²) in [5.41, 5.74) is 0. The Hall–Kier alpha value is -0.0400. The Balaban J connectivity index is 1.73. The minimum Gasteiger partial charge on any atom is -0.311 e. The number of hydrogen-bond donors (Lipinski definition) is 1. The molecule has 0 aromatic carbocycles. The summed E-state index contributed by atoms with van der Waals surface area (Å²) >= 11 is 0. The molecular formula is C10H19N. The highest BCUT2D eigenvalue weighted by atomic mass is 15.0. The maximum absolute atomic E-state index is 3.72. The van der Waals surface area contributed by atoms with Gasteiger partial charge in [-0.05, 0) is 31.6 Å². The van der Waals surface area contributed by atoms with Crippen LogP contribution in [0.5, 0.6) is 0 Å². The second-order valence-electron chi connectivity index (χ2n) is 4.41. The molecule has 2 saturated carbocycles. The third kappa shape index (κ3) is 2.19. The van der Waals surface area contributed by atoms with Crippen molar-refractivity contribution in [1.82, 2.24) is 5.32 Å². The van der Waals surface area contributed by atoms with Crippen molar-refractivity contribution in [3.8, 4) is 0 Å². The summed E-state index contributed by atoms with van der Waals surface area (Å²) in [6.07, 6.45) is 8.64. The lowest BCUT2D eigenvalue weighted by Gasteiger charge is -2.27. The first-order valence-corrected chi connectivity index (χ1v) is 5.10. The molecule has 0 aromatic rings. The molecule has 0 aliphatic heterocycles. The van der Waals surface area contributed by atoms with Crippen molar-refractivity contribution in [2.45, 2.75) is 57.5 Å². The van der Waals surface area contributed by atoms with Crippen LogP contribution in [0.15, 0.2) is 0 Å². The van der Waals surface area contributed by atoms with Gasteiger partial charge in [-0.15, -0.1) is 0 Å². The molecule has 0 unspecified atom stereocenters. The van der Waals surface area contributed by atoms with E-state index >= 15 is 0 Å². The largest absolute Gasteiger partial charge is 0.311 e. The molecule has 2 atom stereocenters. The molecule has 0 aromatic heterocycles. The van der Waals surface area contributed by atoms with Gasteiger partial charge in [0.15, 0.2) is 0 Å². The molecule has 64 valence electrons. The molecule has 11 heavy (non-hydrogen) atoms. The summed E-state index contributed by atoms with van der Waals surface area (Å²) in [5.74, 6) is 0.972. The minimum absolute atomic E-state index is 0.867. The van der Waals surface area contributed by atoms with E-state index in [0.717, 1.165) is 18.0 Å². The molecule has 0 radical (unpaired) electrons. The van der Waals surface area contributed by atoms with Crippen LogP contribution in [0.2, 0.25) is 0 Å². The zero-order valence-corrected chi connectivity index (χ0v) is 7.47. The van der Waals surface area contributed by atoms with Crippen molar-refractivity contribution >= 4 is 0 Å². The molecule has 1 N–H and O–H groups in total. The SMILES string of the molecule is C[C@H]1CCC[C@@H](NC2CC2)C1. The second-order valence-corrected chi connectivity index (χ2v) is 4.41. The van der Waals surface area contributed by atoms with Crippen LogP contribution in [0.1, 0.15) is 45.4 Å². The van der Waals surface area contributed by atoms with E-state index in [1.807, 2.05) is 0 Å². The zero-order valence-electron chi connectivity index (χ0n) is 7.47. The number of rotatable bonds is 2. The lowest BCUT2D eigenvalue weighted by atomic mass is 9.87. The maximum atomic E-state index is 3.72. The Morgan fingerprint density at radius 3 is 2.45 bits per heavy atom. The third-order valence-electron chi connectivity index (χ3n) is 2.99. The fourth-order valence-corrected chi connectivity index (χ4v) is 2.17. The van der Waals surface area contributed by atoms with E-state index in [1.54, 1.807) is 0 Å². The highest BCUT2D eigenvalue weighted by Gasteiger charge is 2.26. The normalized spacial score (nSPS) is 39.0. The van der Waals surface area contributed by atoms with E-state index in [4.69, 9.17) is 0 Å². The molecule has 2 rings (SSSR count). The van der Waals surface area contributed by atoms with Gasteiger partial charge in [-0.1, -0.05) is 19.8 Å². The Morgan fingerprint density at radius 1 is 1.00 bits per heavy atom. The van der Waals surface area contributed by atoms with E-state index in [1.165, 1.54) is 38.5 Å². The Kier molecular flexibility index (Phi) is 2.17. The second kappa shape index (κ2) is 3.14. The Bertz CT molecular complexity index is 127. The predicted molar refractivity (Wildman–Crippen MR) is 47.6 cm³/mol. The number of nitrogens with one attached hydrogen (secondary N) is 1. The van der Waals surface area contributed by atoms with Gasteiger partial charge in [0.25, 0.3) is 0 Å². The molecule has 2 fully saturated rings. The van der Waals surface area contributed by atoms with Crippen LogP contribution in [0.4, 0.5) is 0 Å². The van der Waals surface area contributed by atoms with E-state index in [-0.39, 0.29) is 0 Å². The minimum atomic E-state index is 0.867. The average molecular weight is 153 g/mol. The van der Waals surface area contributed by atoms with Gasteiger partial charge in [-0.25, -0.2) is 0 Å². The smallest absolute Gasteiger partial charge is 0.00721 e. The quantitative estimate of drug-likeness (QED) is 0.642. The fraction of sp³-hybridized carbons (Fsp3) is 1.00. The first-order valence-electron chi connectivity index (χ1n) is 5.10. The van der Waals surface area contributed by atoms with Gasteiger partial charge in [0.2, 0.25) is 0 Å². The van der Waals surface area contributed by atoms with Gasteiger partial charge in [-0.3, -0.25) is 0 Å². The first-order chi connectivity index (χ1) is 5.34. The summed E-state index contributed by atoms with van der Waals surface area (Å²) in [6, 6.07) is 1.77. The maximum Gasteiger partial charge on any atom is 0.00721 e. The molecule has 0 bridgehead atoms. The van der Waals surface area contributed by atoms with Gasteiger partial charge in [0, 0.05) is 12.1 Å². The topological polar surface area (TPSA) is 12.0 Å². The van der Waals surface area contributed by atoms with Crippen molar-refractivity contribution in [3.63, 3.8) is 0 Å². The molecule has 1 heteroatoms. The molecule has 2 aliphatic rings. The summed E-state index contributed by atoms with van der Waals surface area (Å²) in [6.45, 7) is 2.39. The average Bonchev–Trinajstić information content (AvgIpc) is 2.71. The fourth-order valence-electron chi connectivity index (χ4n) is 2.17. The monoisotopic (exact) mass is 153 g/mol. The van der Waals surface area contributed by atoms with Gasteiger partial charge in [0.1, 0.15) is 0 Å². The standard InChI is InChI=1S/C10H19N/c1-8-3-2-4-10(7-8)11-9-5-6-9/h8-11H,2-7H2,1H3/t8-,10+/m0/s1. The molecule has 0 spiro atoms. The molecule has 0 heterocycles. The van der Waals surface area contributed by atoms with E-state index in [9.17, 15) is 0 Å². The van der Waals surface area contributed by atoms with Crippen LogP contribution in [0.3, 0.4) is 0 Å². The van der Waals surface area contributed by atoms with Crippen LogP contribution >= 0.6 is 0 Å². The van der Waals surface area contributed by atoms with E-state index in [2.05, 4.69) is 12.2 Å². The van der Waals surface area contributed by atoms with Crippen molar-refractivity contribution in [2.75, 3.05) is 0 Å². The van der Waals surface area contributed by atoms with Gasteiger partial charge >= 0.3 is 0 Å². The van der Waals surface area contributed by atoms with Crippen LogP contribution in [-0.4, -0.2) is 12.1 Å². The van der Waals surface area contributed by atoms with E-state index < -0.39 is 0 Å². The van der Waals surface area contributed by atoms with Crippen molar-refractivity contribution in [2.24, 2.45) is 5.92 Å². The molecule has 0 saturated heterocycles. The Morgan fingerprint density at radius 2 is 1.82 bits per heavy atom. The van der Waals surface area contributed by atoms with Gasteiger partial charge in [0.05, 0.1) is 0 Å². The summed E-state index contributed by atoms with van der Waals surface area (Å²) in [7, 11) is 0. The zero-order chi connectivity index (χ0) is 7.68. The van der Waals surface area contributed by atoms with Gasteiger partial charge in [-0.2, -0.15) is 0 Å². The van der Waals surface area contributed by atoms with Crippen molar-refractivity contribution in [3.05, 3.63) is 0 Å². The van der Waals surface area contributed by atoms with Crippen molar-refractivity contribution < 1.29 is 0 Å². The van der Waals surface area contributed by atoms with Crippen molar-refractivity contribution in [1.29, 1.82) is 0 Å². The predicted octanol–water partition coefficient (Wildman–Crippen LogP) is 2.32. The first kappa shape index (κ1) is 7.60. The van der Waals surface area contributed by atoms with Crippen LogP contribution in [0.25, 0.3) is 0 Å². The highest BCUT2D eigenvalue weighted by molar-refractivity contribution is 4.86. The van der Waals surface area contributed by atoms with Crippen LogP contribution < -0.4 is 5.32 Å².